The van der Waals surface area contributed by atoms with Gasteiger partial charge in [-0.3, -0.25) is 9.59 Å². The first kappa shape index (κ1) is 44.7. The zero-order chi connectivity index (χ0) is 41.1. The molecular formula is C48H80O7. The van der Waals surface area contributed by atoms with Crippen LogP contribution in [0, 0.1) is 68.0 Å². The van der Waals surface area contributed by atoms with E-state index in [1.54, 1.807) is 14.2 Å². The van der Waals surface area contributed by atoms with E-state index in [2.05, 4.69) is 68.5 Å². The van der Waals surface area contributed by atoms with Gasteiger partial charge in [-0.05, 0) is 125 Å². The summed E-state index contributed by atoms with van der Waals surface area (Å²) in [6.45, 7) is 30.5. The topological polar surface area (TPSA) is 91.3 Å². The van der Waals surface area contributed by atoms with Crippen LogP contribution in [0.1, 0.15) is 146 Å². The Morgan fingerprint density at radius 3 is 1.49 bits per heavy atom. The molecule has 0 saturated heterocycles. The van der Waals surface area contributed by atoms with E-state index >= 15 is 0 Å². The summed E-state index contributed by atoms with van der Waals surface area (Å²) in [6.07, 6.45) is 11.1. The Morgan fingerprint density at radius 2 is 1.07 bits per heavy atom. The average Bonchev–Trinajstić information content (AvgIpc) is 3.72. The molecule has 7 nitrogen and oxygen atoms in total. The van der Waals surface area contributed by atoms with Crippen molar-refractivity contribution in [1.29, 1.82) is 0 Å². The third-order valence-electron chi connectivity index (χ3n) is 18.1. The van der Waals surface area contributed by atoms with Gasteiger partial charge >= 0.3 is 0 Å². The van der Waals surface area contributed by atoms with Crippen molar-refractivity contribution in [3.63, 3.8) is 0 Å². The zero-order valence-corrected chi connectivity index (χ0v) is 37.3. The summed E-state index contributed by atoms with van der Waals surface area (Å²) in [5, 5.41) is 11.5. The lowest BCUT2D eigenvalue weighted by molar-refractivity contribution is -0.219. The number of allylic oxidation sites excluding steroid dienone is 2. The number of carbonyl (C=O) groups is 2. The van der Waals surface area contributed by atoms with Crippen LogP contribution in [-0.4, -0.2) is 69.2 Å². The van der Waals surface area contributed by atoms with Crippen LogP contribution in [0.25, 0.3) is 0 Å². The van der Waals surface area contributed by atoms with Gasteiger partial charge in [0.2, 0.25) is 0 Å². The van der Waals surface area contributed by atoms with E-state index in [4.69, 9.17) is 18.9 Å². The van der Waals surface area contributed by atoms with Crippen molar-refractivity contribution >= 4 is 11.6 Å². The monoisotopic (exact) mass is 769 g/mol. The number of hydrogen-bond donors (Lipinski definition) is 1. The highest BCUT2D eigenvalue weighted by molar-refractivity contribution is 5.88. The molecule has 4 bridgehead atoms. The summed E-state index contributed by atoms with van der Waals surface area (Å²) >= 11 is 0. The number of carbonyl (C=O) groups excluding carboxylic acids is 2. The third-order valence-corrected chi connectivity index (χ3v) is 18.1. The maximum atomic E-state index is 14.0. The molecule has 6 aliphatic carbocycles. The fourth-order valence-electron chi connectivity index (χ4n) is 15.1. The fourth-order valence-corrected chi connectivity index (χ4v) is 15.1. The Bertz CT molecular complexity index is 1460. The minimum Gasteiger partial charge on any atom is -0.393 e. The number of rotatable bonds is 9. The van der Waals surface area contributed by atoms with Gasteiger partial charge in [-0.15, -0.1) is 13.2 Å². The predicted octanol–water partition coefficient (Wildman–Crippen LogP) is 10.2. The van der Waals surface area contributed by atoms with Gasteiger partial charge in [-0.2, -0.15) is 0 Å². The molecule has 0 radical (unpaired) electrons. The van der Waals surface area contributed by atoms with Crippen molar-refractivity contribution in [1.82, 2.24) is 0 Å². The van der Waals surface area contributed by atoms with Gasteiger partial charge in [0, 0.05) is 54.8 Å². The lowest BCUT2D eigenvalue weighted by atomic mass is 9.43. The molecule has 4 unspecified atom stereocenters. The Kier molecular flexibility index (Phi) is 13.0. The molecule has 0 spiro atoms. The van der Waals surface area contributed by atoms with Crippen LogP contribution in [-0.2, 0) is 28.5 Å². The van der Waals surface area contributed by atoms with Crippen LogP contribution < -0.4 is 0 Å². The van der Waals surface area contributed by atoms with Gasteiger partial charge in [-0.1, -0.05) is 66.5 Å². The summed E-state index contributed by atoms with van der Waals surface area (Å²) in [7, 11) is 5.32. The second-order valence-electron chi connectivity index (χ2n) is 21.2. The number of Topliss-reactive ketones (excluding diaryl/α,β-unsaturated/α-hetero) is 2. The van der Waals surface area contributed by atoms with Crippen molar-refractivity contribution in [2.24, 2.45) is 68.0 Å². The Morgan fingerprint density at radius 1 is 0.673 bits per heavy atom. The molecule has 0 aliphatic heterocycles. The van der Waals surface area contributed by atoms with Crippen LogP contribution in [0.5, 0.6) is 0 Å². The highest BCUT2D eigenvalue weighted by Gasteiger charge is 2.69. The zero-order valence-electron chi connectivity index (χ0n) is 37.3. The molecule has 0 aromatic carbocycles. The van der Waals surface area contributed by atoms with Crippen molar-refractivity contribution in [3.8, 4) is 0 Å². The molecule has 0 heterocycles. The number of hydrogen-bond acceptors (Lipinski definition) is 7. The molecule has 0 amide bonds. The van der Waals surface area contributed by atoms with Crippen LogP contribution >= 0.6 is 0 Å². The minimum atomic E-state index is -0.522. The molecule has 314 valence electrons. The lowest BCUT2D eigenvalue weighted by Gasteiger charge is -2.62. The first-order valence-electron chi connectivity index (χ1n) is 21.8. The van der Waals surface area contributed by atoms with Gasteiger partial charge in [0.1, 0.15) is 18.4 Å². The highest BCUT2D eigenvalue weighted by Crippen LogP contribution is 2.70. The van der Waals surface area contributed by atoms with Crippen LogP contribution in [0.2, 0.25) is 0 Å². The van der Waals surface area contributed by atoms with E-state index in [0.29, 0.717) is 42.2 Å². The molecule has 6 fully saturated rings. The van der Waals surface area contributed by atoms with Crippen LogP contribution in [0.15, 0.2) is 24.3 Å². The van der Waals surface area contributed by atoms with Crippen LogP contribution in [0.3, 0.4) is 0 Å². The van der Waals surface area contributed by atoms with E-state index in [-0.39, 0.29) is 64.5 Å². The maximum absolute atomic E-state index is 14.0. The van der Waals surface area contributed by atoms with Crippen LogP contribution in [0.4, 0.5) is 0 Å². The molecule has 1 N–H and O–H groups in total. The number of methoxy groups -OCH3 is 3. The van der Waals surface area contributed by atoms with Gasteiger partial charge < -0.3 is 24.1 Å². The third kappa shape index (κ3) is 7.02. The second-order valence-corrected chi connectivity index (χ2v) is 21.2. The van der Waals surface area contributed by atoms with Crippen molar-refractivity contribution in [3.05, 3.63) is 24.3 Å². The number of ether oxygens (including phenoxy) is 4. The molecule has 6 aliphatic rings. The normalized spacial score (nSPS) is 49.3. The Hall–Kier alpha value is -1.38. The molecule has 55 heavy (non-hydrogen) atoms. The molecule has 0 aromatic rings. The van der Waals surface area contributed by atoms with E-state index in [9.17, 15) is 14.7 Å². The molecular weight excluding hydrogens is 689 g/mol. The molecule has 0 aromatic heterocycles. The quantitative estimate of drug-likeness (QED) is 0.184. The molecule has 6 rings (SSSR count). The summed E-state index contributed by atoms with van der Waals surface area (Å²) < 4.78 is 23.8. The smallest absolute Gasteiger partial charge is 0.146 e. The fraction of sp³-hybridized carbons (Fsp3) is 0.875. The van der Waals surface area contributed by atoms with Gasteiger partial charge in [-0.25, -0.2) is 0 Å². The number of aliphatic hydroxyl groups excluding tert-OH is 1. The first-order chi connectivity index (χ1) is 25.6. The number of ketones is 2. The Labute approximate surface area is 335 Å². The number of aliphatic hydroxyl groups is 1. The molecule has 6 saturated carbocycles. The summed E-state index contributed by atoms with van der Waals surface area (Å²) in [6, 6.07) is 0. The average molecular weight is 769 g/mol. The van der Waals surface area contributed by atoms with E-state index in [1.165, 1.54) is 0 Å². The van der Waals surface area contributed by atoms with E-state index < -0.39 is 16.9 Å². The van der Waals surface area contributed by atoms with Crippen molar-refractivity contribution in [2.75, 3.05) is 28.1 Å². The van der Waals surface area contributed by atoms with Gasteiger partial charge in [0.15, 0.2) is 0 Å². The maximum Gasteiger partial charge on any atom is 0.146 e. The standard InChI is InChI=1S/C25H42O4.C23H38O3/c1-16(2)13-23(5)14-20(29-15-27-7)24(6)17(3)9-11-25(18(4)22(23)26)12-10-19(28-8)21(24)25;1-14(2)12-21(5)13-18(24)22(6)15(3)8-10-23(16(4)20(21)25)11-9-17(26-7)19(22)23/h17-21H,1,9-15H2,2-8H3;15-19,24H,1,8-13H2,2-7H3/t17-,18+,19-,20-,21?,23-,24+,25?;15-,16+,17-,18-,19?,21-,22+,23?/m11/s1. The van der Waals surface area contributed by atoms with E-state index in [0.717, 1.165) is 75.4 Å². The molecule has 7 heteroatoms. The summed E-state index contributed by atoms with van der Waals surface area (Å²) in [5.74, 6) is 2.30. The van der Waals surface area contributed by atoms with E-state index in [1.807, 2.05) is 21.0 Å². The van der Waals surface area contributed by atoms with Crippen molar-refractivity contribution in [2.45, 2.75) is 171 Å². The minimum absolute atomic E-state index is 0.00442. The Balaban J connectivity index is 0.000000212. The van der Waals surface area contributed by atoms with Gasteiger partial charge in [0.25, 0.3) is 0 Å². The summed E-state index contributed by atoms with van der Waals surface area (Å²) in [5.41, 5.74) is 0.829. The lowest BCUT2D eigenvalue weighted by Crippen LogP contribution is -2.63. The molecule has 16 atom stereocenters. The SMILES string of the molecule is C=C(C)C[C@]1(C)C[C@@H](O)[C@@]2(C)C3[C@H](OC)CCC3(CC[C@H]2C)[C@@H](C)C1=O.C=C(C)C[C@]1(C)C[C@@H](OCOC)[C@@]2(C)C3[C@H](OC)CCC3(CC[C@H]2C)[C@@H](C)C1=O. The van der Waals surface area contributed by atoms with Crippen molar-refractivity contribution < 1.29 is 33.6 Å². The highest BCUT2D eigenvalue weighted by atomic mass is 16.7. The predicted molar refractivity (Wildman–Crippen MR) is 220 cm³/mol. The summed E-state index contributed by atoms with van der Waals surface area (Å²) in [4.78, 5) is 27.8. The second kappa shape index (κ2) is 16.0. The van der Waals surface area contributed by atoms with Gasteiger partial charge in [0.05, 0.1) is 24.4 Å². The first-order valence-corrected chi connectivity index (χ1v) is 21.8. The largest absolute Gasteiger partial charge is 0.393 e.